The number of halogens is 1. The largest absolute Gasteiger partial charge is 0.355 e. The van der Waals surface area contributed by atoms with Crippen molar-refractivity contribution in [3.05, 3.63) is 34.9 Å². The molecule has 196 valence electrons. The number of sulfonamides is 1. The number of carbonyl (C=O) groups is 2. The molecule has 0 bridgehead atoms. The Hall–Kier alpha value is -1.68. The fourth-order valence-electron chi connectivity index (χ4n) is 5.30. The number of benzene rings is 1. The van der Waals surface area contributed by atoms with E-state index in [1.807, 2.05) is 29.2 Å². The van der Waals surface area contributed by atoms with Crippen molar-refractivity contribution in [2.45, 2.75) is 64.3 Å². The maximum atomic E-state index is 12.8. The van der Waals surface area contributed by atoms with Gasteiger partial charge < -0.3 is 10.6 Å². The molecule has 0 aromatic heterocycles. The van der Waals surface area contributed by atoms with Crippen LogP contribution in [0.15, 0.2) is 24.3 Å². The number of primary amides is 1. The molecule has 1 saturated carbocycles. The van der Waals surface area contributed by atoms with E-state index in [-0.39, 0.29) is 25.0 Å². The first kappa shape index (κ1) is 27.9. The number of likely N-dealkylation sites (N-methyl/N-ethyl adjacent to an activating group) is 1. The summed E-state index contributed by atoms with van der Waals surface area (Å²) in [7, 11) is -4.15. The molecule has 1 saturated heterocycles. The van der Waals surface area contributed by atoms with Gasteiger partial charge in [-0.3, -0.25) is 14.5 Å². The summed E-state index contributed by atoms with van der Waals surface area (Å²) in [6, 6.07) is 7.57. The molecule has 35 heavy (non-hydrogen) atoms. The van der Waals surface area contributed by atoms with Gasteiger partial charge in [-0.2, -0.15) is 4.31 Å². The summed E-state index contributed by atoms with van der Waals surface area (Å²) in [6.45, 7) is 4.81. The minimum atomic E-state index is -4.15. The quantitative estimate of drug-likeness (QED) is 0.502. The summed E-state index contributed by atoms with van der Waals surface area (Å²) in [5.41, 5.74) is 6.27. The number of rotatable bonds is 10. The van der Waals surface area contributed by atoms with Gasteiger partial charge in [-0.15, -0.1) is 0 Å². The van der Waals surface area contributed by atoms with Crippen LogP contribution in [0.4, 0.5) is 4.79 Å². The second-order valence-electron chi connectivity index (χ2n) is 9.71. The van der Waals surface area contributed by atoms with Gasteiger partial charge in [0, 0.05) is 56.8 Å². The third kappa shape index (κ3) is 7.90. The van der Waals surface area contributed by atoms with Crippen LogP contribution in [0.1, 0.15) is 57.4 Å². The highest BCUT2D eigenvalue weighted by Gasteiger charge is 2.34. The molecule has 1 atom stereocenters. The molecule has 1 aromatic rings. The summed E-state index contributed by atoms with van der Waals surface area (Å²) in [5, 5.41) is -0.615. The predicted molar refractivity (Wildman–Crippen MR) is 139 cm³/mol. The molecule has 1 aliphatic carbocycles. The van der Waals surface area contributed by atoms with Gasteiger partial charge in [0.05, 0.1) is 0 Å². The molecule has 1 unspecified atom stereocenters. The lowest BCUT2D eigenvalue weighted by Gasteiger charge is -2.42. The van der Waals surface area contributed by atoms with Crippen LogP contribution >= 0.6 is 11.6 Å². The Labute approximate surface area is 214 Å². The number of nitrogens with zero attached hydrogens (tertiary/aromatic N) is 3. The Morgan fingerprint density at radius 3 is 2.29 bits per heavy atom. The van der Waals surface area contributed by atoms with Crippen molar-refractivity contribution in [2.24, 2.45) is 11.7 Å². The Morgan fingerprint density at radius 1 is 1.09 bits per heavy atom. The van der Waals surface area contributed by atoms with Crippen LogP contribution in [-0.2, 0) is 21.2 Å². The number of hydrogen-bond acceptors (Lipinski definition) is 5. The molecule has 1 aromatic carbocycles. The lowest BCUT2D eigenvalue weighted by Crippen LogP contribution is -2.56. The SMILES string of the molecule is CCN(CC(CC1CCCCC1)N1CCN(C(=O)CCc2ccc(Cl)cc2)CC1)S(=O)(=O)C(N)=O. The Morgan fingerprint density at radius 2 is 1.71 bits per heavy atom. The molecule has 0 spiro atoms. The molecule has 3 rings (SSSR count). The number of hydrogen-bond donors (Lipinski definition) is 1. The first-order chi connectivity index (χ1) is 16.7. The maximum Gasteiger partial charge on any atom is 0.349 e. The first-order valence-electron chi connectivity index (χ1n) is 12.8. The zero-order valence-corrected chi connectivity index (χ0v) is 22.3. The zero-order chi connectivity index (χ0) is 25.4. The summed E-state index contributed by atoms with van der Waals surface area (Å²) < 4.78 is 26.2. The van der Waals surface area contributed by atoms with Crippen molar-refractivity contribution in [1.82, 2.24) is 14.1 Å². The van der Waals surface area contributed by atoms with Gasteiger partial charge in [-0.25, -0.2) is 8.42 Å². The van der Waals surface area contributed by atoms with Crippen LogP contribution in [-0.4, -0.2) is 79.0 Å². The first-order valence-corrected chi connectivity index (χ1v) is 14.6. The van der Waals surface area contributed by atoms with Crippen LogP contribution in [0.5, 0.6) is 0 Å². The molecule has 2 aliphatic rings. The van der Waals surface area contributed by atoms with E-state index in [9.17, 15) is 18.0 Å². The molecule has 1 aliphatic heterocycles. The third-order valence-corrected chi connectivity index (χ3v) is 9.26. The summed E-state index contributed by atoms with van der Waals surface area (Å²) >= 11 is 5.94. The smallest absolute Gasteiger partial charge is 0.349 e. The molecule has 10 heteroatoms. The van der Waals surface area contributed by atoms with Crippen LogP contribution < -0.4 is 5.73 Å². The Balaban J connectivity index is 1.60. The van der Waals surface area contributed by atoms with Crippen LogP contribution in [0.3, 0.4) is 0 Å². The van der Waals surface area contributed by atoms with Gasteiger partial charge in [0.2, 0.25) is 5.91 Å². The zero-order valence-electron chi connectivity index (χ0n) is 20.7. The highest BCUT2D eigenvalue weighted by Crippen LogP contribution is 2.29. The van der Waals surface area contributed by atoms with Crippen LogP contribution in [0.25, 0.3) is 0 Å². The molecular formula is C25H39ClN4O4S. The fraction of sp³-hybridized carbons (Fsp3) is 0.680. The molecule has 8 nitrogen and oxygen atoms in total. The van der Waals surface area contributed by atoms with Gasteiger partial charge in [0.15, 0.2) is 0 Å². The molecule has 2 N–H and O–H groups in total. The van der Waals surface area contributed by atoms with Crippen molar-refractivity contribution < 1.29 is 18.0 Å². The van der Waals surface area contributed by atoms with E-state index in [0.717, 1.165) is 24.8 Å². The second kappa shape index (κ2) is 13.0. The monoisotopic (exact) mass is 526 g/mol. The minimum absolute atomic E-state index is 0.00139. The highest BCUT2D eigenvalue weighted by atomic mass is 35.5. The summed E-state index contributed by atoms with van der Waals surface area (Å²) in [4.78, 5) is 28.6. The molecule has 0 radical (unpaired) electrons. The summed E-state index contributed by atoms with van der Waals surface area (Å²) in [6.07, 6.45) is 8.03. The average Bonchev–Trinajstić information content (AvgIpc) is 2.86. The van der Waals surface area contributed by atoms with Crippen molar-refractivity contribution in [2.75, 3.05) is 39.3 Å². The van der Waals surface area contributed by atoms with Gasteiger partial charge in [0.1, 0.15) is 0 Å². The van der Waals surface area contributed by atoms with E-state index in [0.29, 0.717) is 50.0 Å². The standard InChI is InChI=1S/C25H39ClN4O4S/c1-2-30(35(33,34)25(27)32)19-23(18-21-6-4-3-5-7-21)28-14-16-29(17-15-28)24(31)13-10-20-8-11-22(26)12-9-20/h8-9,11-12,21,23H,2-7,10,13-19H2,1H3,(H2,27,32). The molecule has 2 amide bonds. The van der Waals surface area contributed by atoms with E-state index < -0.39 is 15.3 Å². The van der Waals surface area contributed by atoms with E-state index >= 15 is 0 Å². The molecule has 2 fully saturated rings. The Bertz CT molecular complexity index is 943. The number of aryl methyl sites for hydroxylation is 1. The number of carbonyl (C=O) groups excluding carboxylic acids is 2. The summed E-state index contributed by atoms with van der Waals surface area (Å²) in [5.74, 6) is 0.692. The van der Waals surface area contributed by atoms with Gasteiger partial charge >= 0.3 is 5.24 Å². The fourth-order valence-corrected chi connectivity index (χ4v) is 6.39. The van der Waals surface area contributed by atoms with Crippen molar-refractivity contribution in [3.8, 4) is 0 Å². The van der Waals surface area contributed by atoms with E-state index in [2.05, 4.69) is 4.90 Å². The van der Waals surface area contributed by atoms with E-state index in [4.69, 9.17) is 17.3 Å². The van der Waals surface area contributed by atoms with Crippen molar-refractivity contribution in [3.63, 3.8) is 0 Å². The normalized spacial score (nSPS) is 19.1. The number of piperazine rings is 1. The van der Waals surface area contributed by atoms with Crippen LogP contribution in [0.2, 0.25) is 5.02 Å². The lowest BCUT2D eigenvalue weighted by atomic mass is 9.84. The lowest BCUT2D eigenvalue weighted by molar-refractivity contribution is -0.133. The van der Waals surface area contributed by atoms with Crippen LogP contribution in [0, 0.1) is 5.92 Å². The third-order valence-electron chi connectivity index (χ3n) is 7.42. The maximum absolute atomic E-state index is 12.8. The van der Waals surface area contributed by atoms with Gasteiger partial charge in [-0.1, -0.05) is 62.8 Å². The van der Waals surface area contributed by atoms with Gasteiger partial charge in [0.25, 0.3) is 10.0 Å². The van der Waals surface area contributed by atoms with Gasteiger partial charge in [-0.05, 0) is 36.5 Å². The van der Waals surface area contributed by atoms with E-state index in [1.54, 1.807) is 6.92 Å². The Kier molecular flexibility index (Phi) is 10.4. The predicted octanol–water partition coefficient (Wildman–Crippen LogP) is 3.49. The highest BCUT2D eigenvalue weighted by molar-refractivity contribution is 8.03. The van der Waals surface area contributed by atoms with Crippen molar-refractivity contribution in [1.29, 1.82) is 0 Å². The average molecular weight is 527 g/mol. The topological polar surface area (TPSA) is 104 Å². The molecule has 1 heterocycles. The number of amides is 2. The number of nitrogens with two attached hydrogens (primary N) is 1. The van der Waals surface area contributed by atoms with E-state index in [1.165, 1.54) is 23.6 Å². The molecular weight excluding hydrogens is 488 g/mol. The minimum Gasteiger partial charge on any atom is -0.355 e. The van der Waals surface area contributed by atoms with Crippen molar-refractivity contribution >= 4 is 32.8 Å². The second-order valence-corrected chi connectivity index (χ2v) is 12.0.